The number of anilines is 1. The van der Waals surface area contributed by atoms with E-state index in [1.807, 2.05) is 6.92 Å². The van der Waals surface area contributed by atoms with E-state index in [4.69, 9.17) is 15.8 Å². The Balaban J connectivity index is 0.000000892. The third kappa shape index (κ3) is 7.82. The van der Waals surface area contributed by atoms with Gasteiger partial charge in [-0.2, -0.15) is 8.78 Å². The SMILES string of the molecule is C=C(Cc1cc(C)c(N)cc1CC)N=C(SC)c1ccc(C)cc1.OC(F)F. The Morgan fingerprint density at radius 1 is 1.18 bits per heavy atom. The Morgan fingerprint density at radius 2 is 1.75 bits per heavy atom. The molecule has 2 aromatic rings. The lowest BCUT2D eigenvalue weighted by Crippen LogP contribution is -2.01. The molecule has 0 bridgehead atoms. The number of aliphatic hydroxyl groups excluding tert-OH is 1. The molecule has 0 saturated carbocycles. The maximum Gasteiger partial charge on any atom is 0.342 e. The highest BCUT2D eigenvalue weighted by atomic mass is 32.2. The van der Waals surface area contributed by atoms with Crippen LogP contribution in [0.5, 0.6) is 0 Å². The van der Waals surface area contributed by atoms with Gasteiger partial charge in [-0.3, -0.25) is 0 Å². The summed E-state index contributed by atoms with van der Waals surface area (Å²) in [5.41, 5.74) is 13.8. The van der Waals surface area contributed by atoms with Gasteiger partial charge in [-0.05, 0) is 49.3 Å². The Kier molecular flexibility index (Phi) is 9.90. The molecule has 0 unspecified atom stereocenters. The summed E-state index contributed by atoms with van der Waals surface area (Å²) in [5.74, 6) is 0. The Morgan fingerprint density at radius 3 is 2.25 bits per heavy atom. The van der Waals surface area contributed by atoms with Crippen molar-refractivity contribution in [3.05, 3.63) is 76.5 Å². The molecule has 0 fully saturated rings. The number of hydrogen-bond acceptors (Lipinski definition) is 4. The van der Waals surface area contributed by atoms with Crippen LogP contribution in [0.1, 0.15) is 34.7 Å². The van der Waals surface area contributed by atoms with Gasteiger partial charge < -0.3 is 10.8 Å². The van der Waals surface area contributed by atoms with Gasteiger partial charge in [0.1, 0.15) is 5.04 Å². The highest BCUT2D eigenvalue weighted by molar-refractivity contribution is 8.13. The molecule has 0 aliphatic rings. The smallest absolute Gasteiger partial charge is 0.342 e. The van der Waals surface area contributed by atoms with Gasteiger partial charge in [0.05, 0.1) is 0 Å². The first-order valence-corrected chi connectivity index (χ1v) is 10.1. The molecule has 28 heavy (non-hydrogen) atoms. The van der Waals surface area contributed by atoms with Crippen molar-refractivity contribution in [2.75, 3.05) is 12.0 Å². The number of aliphatic imine (C=N–C) groups is 1. The topological polar surface area (TPSA) is 58.6 Å². The minimum Gasteiger partial charge on any atom is -0.399 e. The van der Waals surface area contributed by atoms with E-state index in [2.05, 4.69) is 63.1 Å². The molecule has 0 heterocycles. The van der Waals surface area contributed by atoms with Crippen molar-refractivity contribution in [1.29, 1.82) is 0 Å². The summed E-state index contributed by atoms with van der Waals surface area (Å²) in [6.07, 6.45) is 3.77. The van der Waals surface area contributed by atoms with Gasteiger partial charge in [-0.1, -0.05) is 49.4 Å². The molecule has 0 radical (unpaired) electrons. The summed E-state index contributed by atoms with van der Waals surface area (Å²) < 4.78 is 19.8. The van der Waals surface area contributed by atoms with E-state index in [9.17, 15) is 8.78 Å². The molecular weight excluding hydrogens is 378 g/mol. The number of nitrogen functional groups attached to an aromatic ring is 1. The first kappa shape index (κ1) is 23.9. The molecule has 2 rings (SSSR count). The van der Waals surface area contributed by atoms with Gasteiger partial charge in [0.15, 0.2) is 0 Å². The van der Waals surface area contributed by atoms with E-state index in [0.29, 0.717) is 0 Å². The normalized spacial score (nSPS) is 11.2. The molecule has 0 amide bonds. The molecule has 3 nitrogen and oxygen atoms in total. The van der Waals surface area contributed by atoms with Crippen LogP contribution in [-0.2, 0) is 12.8 Å². The number of thioether (sulfide) groups is 1. The molecule has 0 spiro atoms. The van der Waals surface area contributed by atoms with Crippen molar-refractivity contribution < 1.29 is 13.9 Å². The van der Waals surface area contributed by atoms with Crippen LogP contribution in [0.4, 0.5) is 14.5 Å². The van der Waals surface area contributed by atoms with Crippen LogP contribution in [-0.4, -0.2) is 23.0 Å². The van der Waals surface area contributed by atoms with Gasteiger partial charge >= 0.3 is 6.61 Å². The lowest BCUT2D eigenvalue weighted by molar-refractivity contribution is -0.0728. The quantitative estimate of drug-likeness (QED) is 0.391. The van der Waals surface area contributed by atoms with Crippen LogP contribution < -0.4 is 5.73 Å². The summed E-state index contributed by atoms with van der Waals surface area (Å²) in [7, 11) is 0. The van der Waals surface area contributed by atoms with Crippen LogP contribution in [0.15, 0.2) is 53.7 Å². The Labute approximate surface area is 170 Å². The Bertz CT molecular complexity index is 815. The van der Waals surface area contributed by atoms with Crippen molar-refractivity contribution in [2.45, 2.75) is 40.2 Å². The van der Waals surface area contributed by atoms with Crippen molar-refractivity contribution in [1.82, 2.24) is 0 Å². The van der Waals surface area contributed by atoms with E-state index in [1.54, 1.807) is 11.8 Å². The van der Waals surface area contributed by atoms with E-state index in [0.717, 1.165) is 40.4 Å². The number of alkyl halides is 2. The maximum atomic E-state index is 9.89. The molecule has 0 atom stereocenters. The highest BCUT2D eigenvalue weighted by Gasteiger charge is 2.08. The fourth-order valence-electron chi connectivity index (χ4n) is 2.65. The average molecular weight is 407 g/mol. The summed E-state index contributed by atoms with van der Waals surface area (Å²) >= 11 is 1.65. The molecule has 0 aliphatic carbocycles. The molecule has 0 aromatic heterocycles. The second-order valence-electron chi connectivity index (χ2n) is 6.34. The largest absolute Gasteiger partial charge is 0.399 e. The van der Waals surface area contributed by atoms with Gasteiger partial charge in [-0.25, -0.2) is 4.99 Å². The van der Waals surface area contributed by atoms with Crippen molar-refractivity contribution >= 4 is 22.5 Å². The zero-order valence-electron chi connectivity index (χ0n) is 16.8. The number of aryl methyl sites for hydroxylation is 3. The fourth-order valence-corrected chi connectivity index (χ4v) is 3.24. The number of hydrogen-bond donors (Lipinski definition) is 2. The number of aliphatic hydroxyl groups is 1. The van der Waals surface area contributed by atoms with Crippen LogP contribution in [0.25, 0.3) is 0 Å². The number of rotatable bonds is 5. The fraction of sp³-hybridized carbons (Fsp3) is 0.318. The number of allylic oxidation sites excluding steroid dienone is 1. The monoisotopic (exact) mass is 406 g/mol. The standard InChI is InChI=1S/C21H26N2S.CH2F2O/c1-6-17-13-20(22)15(3)11-19(17)12-16(4)23-21(24-5)18-9-7-14(2)8-10-18;2-1(3)4/h7-11,13H,4,6,12,22H2,1-3,5H3;1,4H. The summed E-state index contributed by atoms with van der Waals surface area (Å²) in [5, 5.41) is 7.73. The zero-order chi connectivity index (χ0) is 21.3. The van der Waals surface area contributed by atoms with Crippen molar-refractivity contribution in [3.8, 4) is 0 Å². The van der Waals surface area contributed by atoms with Gasteiger partial charge in [0.25, 0.3) is 0 Å². The summed E-state index contributed by atoms with van der Waals surface area (Å²) in [6, 6.07) is 12.7. The third-order valence-electron chi connectivity index (χ3n) is 4.12. The van der Waals surface area contributed by atoms with E-state index in [1.165, 1.54) is 16.7 Å². The third-order valence-corrected chi connectivity index (χ3v) is 4.83. The van der Waals surface area contributed by atoms with Crippen LogP contribution in [0.2, 0.25) is 0 Å². The first-order valence-electron chi connectivity index (χ1n) is 8.89. The predicted octanol–water partition coefficient (Wildman–Crippen LogP) is 5.52. The second-order valence-corrected chi connectivity index (χ2v) is 7.13. The first-order chi connectivity index (χ1) is 13.2. The van der Waals surface area contributed by atoms with Crippen LogP contribution in [0.3, 0.4) is 0 Å². The number of nitrogens with zero attached hydrogens (tertiary/aromatic N) is 1. The van der Waals surface area contributed by atoms with Crippen LogP contribution >= 0.6 is 11.8 Å². The summed E-state index contributed by atoms with van der Waals surface area (Å²) in [4.78, 5) is 4.77. The predicted molar refractivity (Wildman–Crippen MR) is 117 cm³/mol. The minimum atomic E-state index is -3.17. The molecule has 0 saturated heterocycles. The number of halogens is 2. The van der Waals surface area contributed by atoms with Gasteiger partial charge in [0, 0.05) is 23.4 Å². The number of benzene rings is 2. The Hall–Kier alpha value is -2.18. The second kappa shape index (κ2) is 11.6. The van der Waals surface area contributed by atoms with Crippen molar-refractivity contribution in [2.24, 2.45) is 4.99 Å². The lowest BCUT2D eigenvalue weighted by atomic mass is 9.97. The molecular formula is C22H28F2N2OS. The maximum absolute atomic E-state index is 9.89. The lowest BCUT2D eigenvalue weighted by Gasteiger charge is -2.12. The highest BCUT2D eigenvalue weighted by Crippen LogP contribution is 2.23. The van der Waals surface area contributed by atoms with Gasteiger partial charge in [0.2, 0.25) is 0 Å². The van der Waals surface area contributed by atoms with Crippen molar-refractivity contribution in [3.63, 3.8) is 0 Å². The molecule has 0 aliphatic heterocycles. The van der Waals surface area contributed by atoms with E-state index >= 15 is 0 Å². The molecule has 6 heteroatoms. The molecule has 3 N–H and O–H groups in total. The van der Waals surface area contributed by atoms with E-state index < -0.39 is 6.61 Å². The summed E-state index contributed by atoms with van der Waals surface area (Å²) in [6.45, 7) is 7.30. The zero-order valence-corrected chi connectivity index (χ0v) is 17.6. The minimum absolute atomic E-state index is 0.750. The van der Waals surface area contributed by atoms with Crippen LogP contribution in [0, 0.1) is 13.8 Å². The van der Waals surface area contributed by atoms with E-state index in [-0.39, 0.29) is 0 Å². The molecule has 152 valence electrons. The number of nitrogens with two attached hydrogens (primary N) is 1. The average Bonchev–Trinajstić information content (AvgIpc) is 2.63. The molecule has 2 aromatic carbocycles. The van der Waals surface area contributed by atoms with Gasteiger partial charge in [-0.15, -0.1) is 11.8 Å².